The van der Waals surface area contributed by atoms with Crippen LogP contribution in [-0.4, -0.2) is 36.4 Å². The highest BCUT2D eigenvalue weighted by Crippen LogP contribution is 2.32. The number of ether oxygens (including phenoxy) is 3. The standard InChI is InChI=1S/C18H15N3O4/c1-23-11-25-17-7-12(3-4-14(17)18(22)24-2)15-8-13(9-19)21-6-5-20-10-16(15)21/h3-8,10H,11H2,1-2H3. The van der Waals surface area contributed by atoms with Crippen LogP contribution in [0.15, 0.2) is 42.9 Å². The molecule has 7 nitrogen and oxygen atoms in total. The van der Waals surface area contributed by atoms with Crippen LogP contribution in [-0.2, 0) is 9.47 Å². The van der Waals surface area contributed by atoms with E-state index in [9.17, 15) is 10.1 Å². The topological polar surface area (TPSA) is 85.9 Å². The van der Waals surface area contributed by atoms with Gasteiger partial charge in [0.05, 0.1) is 18.8 Å². The molecular formula is C18H15N3O4. The summed E-state index contributed by atoms with van der Waals surface area (Å²) >= 11 is 0. The number of benzene rings is 1. The van der Waals surface area contributed by atoms with Crippen molar-refractivity contribution in [1.82, 2.24) is 9.38 Å². The Labute approximate surface area is 144 Å². The van der Waals surface area contributed by atoms with Gasteiger partial charge < -0.3 is 18.6 Å². The molecule has 1 aromatic carbocycles. The van der Waals surface area contributed by atoms with Crippen LogP contribution in [0, 0.1) is 11.3 Å². The summed E-state index contributed by atoms with van der Waals surface area (Å²) in [7, 11) is 2.80. The van der Waals surface area contributed by atoms with Crippen molar-refractivity contribution in [3.8, 4) is 22.9 Å². The molecule has 0 spiro atoms. The minimum atomic E-state index is -0.501. The molecule has 0 radical (unpaired) electrons. The Morgan fingerprint density at radius 2 is 2.16 bits per heavy atom. The normalized spacial score (nSPS) is 10.4. The average molecular weight is 337 g/mol. The lowest BCUT2D eigenvalue weighted by molar-refractivity contribution is 0.0465. The molecule has 2 aromatic heterocycles. The second-order valence-electron chi connectivity index (χ2n) is 5.14. The second kappa shape index (κ2) is 7.03. The summed E-state index contributed by atoms with van der Waals surface area (Å²) in [5, 5.41) is 9.32. The van der Waals surface area contributed by atoms with E-state index in [0.717, 1.165) is 16.6 Å². The van der Waals surface area contributed by atoms with Crippen molar-refractivity contribution in [3.63, 3.8) is 0 Å². The van der Waals surface area contributed by atoms with E-state index in [2.05, 4.69) is 11.1 Å². The van der Waals surface area contributed by atoms with Gasteiger partial charge in [-0.15, -0.1) is 0 Å². The predicted molar refractivity (Wildman–Crippen MR) is 89.2 cm³/mol. The third-order valence-corrected chi connectivity index (χ3v) is 3.72. The molecule has 0 aliphatic heterocycles. The first kappa shape index (κ1) is 16.5. The summed E-state index contributed by atoms with van der Waals surface area (Å²) in [6, 6.07) is 9.04. The van der Waals surface area contributed by atoms with Crippen molar-refractivity contribution in [2.45, 2.75) is 0 Å². The zero-order valence-electron chi connectivity index (χ0n) is 13.7. The van der Waals surface area contributed by atoms with Gasteiger partial charge in [0.25, 0.3) is 0 Å². The minimum Gasteiger partial charge on any atom is -0.467 e. The molecule has 0 bridgehead atoms. The van der Waals surface area contributed by atoms with Crippen LogP contribution in [0.25, 0.3) is 16.6 Å². The lowest BCUT2D eigenvalue weighted by Crippen LogP contribution is -2.07. The lowest BCUT2D eigenvalue weighted by Gasteiger charge is -2.11. The van der Waals surface area contributed by atoms with Crippen LogP contribution in [0.2, 0.25) is 0 Å². The maximum atomic E-state index is 11.9. The van der Waals surface area contributed by atoms with Gasteiger partial charge in [-0.2, -0.15) is 5.26 Å². The van der Waals surface area contributed by atoms with Gasteiger partial charge in [0.15, 0.2) is 6.79 Å². The Morgan fingerprint density at radius 3 is 2.88 bits per heavy atom. The zero-order valence-corrected chi connectivity index (χ0v) is 13.7. The number of esters is 1. The Balaban J connectivity index is 2.15. The van der Waals surface area contributed by atoms with Crippen LogP contribution in [0.5, 0.6) is 5.75 Å². The van der Waals surface area contributed by atoms with Gasteiger partial charge in [-0.25, -0.2) is 4.79 Å². The summed E-state index contributed by atoms with van der Waals surface area (Å²) in [4.78, 5) is 16.0. The maximum Gasteiger partial charge on any atom is 0.341 e. The number of carbonyl (C=O) groups is 1. The SMILES string of the molecule is COCOc1cc(-c2cc(C#N)n3ccncc23)ccc1C(=O)OC. The molecule has 0 unspecified atom stereocenters. The Morgan fingerprint density at radius 1 is 1.32 bits per heavy atom. The smallest absolute Gasteiger partial charge is 0.341 e. The molecule has 25 heavy (non-hydrogen) atoms. The van der Waals surface area contributed by atoms with Gasteiger partial charge in [-0.05, 0) is 23.8 Å². The highest BCUT2D eigenvalue weighted by Gasteiger charge is 2.17. The molecule has 0 amide bonds. The van der Waals surface area contributed by atoms with Gasteiger partial charge in [0.2, 0.25) is 0 Å². The van der Waals surface area contributed by atoms with Gasteiger partial charge >= 0.3 is 5.97 Å². The Hall–Kier alpha value is -3.37. The van der Waals surface area contributed by atoms with E-state index in [1.54, 1.807) is 47.3 Å². The van der Waals surface area contributed by atoms with E-state index < -0.39 is 5.97 Å². The van der Waals surface area contributed by atoms with Crippen molar-refractivity contribution in [2.24, 2.45) is 0 Å². The second-order valence-corrected chi connectivity index (χ2v) is 5.14. The van der Waals surface area contributed by atoms with Gasteiger partial charge in [0, 0.05) is 25.1 Å². The molecule has 7 heteroatoms. The fourth-order valence-corrected chi connectivity index (χ4v) is 2.58. The van der Waals surface area contributed by atoms with E-state index in [-0.39, 0.29) is 6.79 Å². The monoisotopic (exact) mass is 337 g/mol. The first-order chi connectivity index (χ1) is 12.2. The van der Waals surface area contributed by atoms with Crippen molar-refractivity contribution in [3.05, 3.63) is 54.1 Å². The third kappa shape index (κ3) is 3.03. The van der Waals surface area contributed by atoms with Crippen molar-refractivity contribution in [1.29, 1.82) is 5.26 Å². The number of fused-ring (bicyclic) bond motifs is 1. The molecular weight excluding hydrogens is 322 g/mol. The van der Waals surface area contributed by atoms with Gasteiger partial charge in [0.1, 0.15) is 23.1 Å². The predicted octanol–water partition coefficient (Wildman–Crippen LogP) is 2.64. The number of hydrogen-bond acceptors (Lipinski definition) is 6. The van der Waals surface area contributed by atoms with Crippen molar-refractivity contribution >= 4 is 11.5 Å². The first-order valence-corrected chi connectivity index (χ1v) is 7.39. The fourth-order valence-electron chi connectivity index (χ4n) is 2.58. The van der Waals surface area contributed by atoms with Crippen molar-refractivity contribution < 1.29 is 19.0 Å². The fraction of sp³-hybridized carbons (Fsp3) is 0.167. The molecule has 2 heterocycles. The number of nitriles is 1. The number of hydrogen-bond donors (Lipinski definition) is 0. The van der Waals surface area contributed by atoms with E-state index >= 15 is 0 Å². The molecule has 0 N–H and O–H groups in total. The summed E-state index contributed by atoms with van der Waals surface area (Å²) < 4.78 is 17.0. The maximum absolute atomic E-state index is 11.9. The quantitative estimate of drug-likeness (QED) is 0.525. The molecule has 0 aliphatic rings. The van der Waals surface area contributed by atoms with Crippen LogP contribution in [0.1, 0.15) is 16.1 Å². The van der Waals surface area contributed by atoms with Crippen LogP contribution in [0.4, 0.5) is 0 Å². The number of methoxy groups -OCH3 is 2. The van der Waals surface area contributed by atoms with E-state index in [1.165, 1.54) is 14.2 Å². The zero-order chi connectivity index (χ0) is 17.8. The molecule has 126 valence electrons. The number of nitrogens with zero attached hydrogens (tertiary/aromatic N) is 3. The molecule has 0 saturated carbocycles. The molecule has 3 rings (SSSR count). The van der Waals surface area contributed by atoms with Gasteiger partial charge in [-0.1, -0.05) is 6.07 Å². The summed E-state index contributed by atoms with van der Waals surface area (Å²) in [5.74, 6) is -0.160. The van der Waals surface area contributed by atoms with E-state index in [0.29, 0.717) is 17.0 Å². The largest absolute Gasteiger partial charge is 0.467 e. The number of carbonyl (C=O) groups excluding carboxylic acids is 1. The van der Waals surface area contributed by atoms with E-state index in [4.69, 9.17) is 14.2 Å². The molecule has 0 atom stereocenters. The molecule has 0 saturated heterocycles. The van der Waals surface area contributed by atoms with Crippen LogP contribution in [0.3, 0.4) is 0 Å². The number of aromatic nitrogens is 2. The van der Waals surface area contributed by atoms with Crippen LogP contribution >= 0.6 is 0 Å². The first-order valence-electron chi connectivity index (χ1n) is 7.39. The average Bonchev–Trinajstić information content (AvgIpc) is 3.04. The minimum absolute atomic E-state index is 0.00500. The lowest BCUT2D eigenvalue weighted by atomic mass is 10.0. The summed E-state index contributed by atoms with van der Waals surface area (Å²) in [6.07, 6.45) is 5.02. The van der Waals surface area contributed by atoms with Gasteiger partial charge in [-0.3, -0.25) is 4.98 Å². The molecule has 0 aliphatic carbocycles. The third-order valence-electron chi connectivity index (χ3n) is 3.72. The van der Waals surface area contributed by atoms with Crippen LogP contribution < -0.4 is 4.74 Å². The molecule has 3 aromatic rings. The Bertz CT molecular complexity index is 972. The summed E-state index contributed by atoms with van der Waals surface area (Å²) in [5.41, 5.74) is 3.16. The highest BCUT2D eigenvalue weighted by molar-refractivity contribution is 5.94. The van der Waals surface area contributed by atoms with E-state index in [1.807, 2.05) is 0 Å². The highest BCUT2D eigenvalue weighted by atomic mass is 16.7. The number of rotatable bonds is 5. The molecule has 0 fully saturated rings. The van der Waals surface area contributed by atoms with Crippen molar-refractivity contribution in [2.75, 3.05) is 21.0 Å². The Kier molecular flexibility index (Phi) is 4.64. The summed E-state index contributed by atoms with van der Waals surface area (Å²) in [6.45, 7) is -0.00500.